The number of terminal acetylenes is 1. The number of H-pyrrole nitrogens is 1. The zero-order chi connectivity index (χ0) is 24.6. The number of pyridine rings is 2. The van der Waals surface area contributed by atoms with Gasteiger partial charge in [-0.25, -0.2) is 0 Å². The van der Waals surface area contributed by atoms with Crippen molar-refractivity contribution < 1.29 is 10.2 Å². The van der Waals surface area contributed by atoms with Gasteiger partial charge in [-0.2, -0.15) is 0 Å². The highest BCUT2D eigenvalue weighted by molar-refractivity contribution is 5.34. The molecule has 8 nitrogen and oxygen atoms in total. The van der Waals surface area contributed by atoms with Crippen molar-refractivity contribution in [1.29, 1.82) is 0 Å². The average Bonchev–Trinajstić information content (AvgIpc) is 2.76. The van der Waals surface area contributed by atoms with Crippen LogP contribution in [-0.2, 0) is 7.05 Å². The molecule has 9 N–H and O–H groups in total. The fourth-order valence-electron chi connectivity index (χ4n) is 1.45. The standard InChI is InChI=1S/C7H9NO.C7H4O.C6H7NO.C6H2O.2H3N/c1-6-3-4-8(2)7(9)5-6;1-2-3-4-5-6-7-8;1-5-2-3-7-6(8)4-5;1-2-3-4-5-6-7;;/h3-5H,1-2H3;8H,1H3;2-4H,1H3,(H,7,8);1,7H;2*1H3. The lowest BCUT2D eigenvalue weighted by Crippen LogP contribution is -2.13. The Morgan fingerprint density at radius 2 is 1.38 bits per heavy atom. The van der Waals surface area contributed by atoms with Crippen molar-refractivity contribution in [3.63, 3.8) is 0 Å². The Kier molecular flexibility index (Phi) is 27.5. The maximum absolute atomic E-state index is 10.8. The zero-order valence-corrected chi connectivity index (χ0v) is 19.6. The first-order chi connectivity index (χ1) is 15.3. The minimum absolute atomic E-state index is 0. The molecule has 0 radical (unpaired) electrons. The molecule has 0 unspecified atom stereocenters. The monoisotopic (exact) mass is 460 g/mol. The van der Waals surface area contributed by atoms with E-state index in [1.165, 1.54) is 0 Å². The van der Waals surface area contributed by atoms with E-state index in [1.807, 2.05) is 31.9 Å². The summed E-state index contributed by atoms with van der Waals surface area (Å²) >= 11 is 0. The second kappa shape index (κ2) is 25.8. The van der Waals surface area contributed by atoms with Crippen LogP contribution in [-0.4, -0.2) is 19.8 Å². The fourth-order valence-corrected chi connectivity index (χ4v) is 1.45. The van der Waals surface area contributed by atoms with Gasteiger partial charge in [0.1, 0.15) is 12.2 Å². The molecular formula is C26H28N4O4. The molecule has 0 fully saturated rings. The summed E-state index contributed by atoms with van der Waals surface area (Å²) in [4.78, 5) is 23.8. The smallest absolute Gasteiger partial charge is 0.250 e. The summed E-state index contributed by atoms with van der Waals surface area (Å²) in [6, 6.07) is 6.92. The fraction of sp³-hybridized carbons (Fsp3) is 0.154. The number of hydrogen-bond donors (Lipinski definition) is 5. The van der Waals surface area contributed by atoms with E-state index in [0.717, 1.165) is 11.1 Å². The van der Waals surface area contributed by atoms with Crippen molar-refractivity contribution in [3.05, 3.63) is 68.5 Å². The molecule has 0 aliphatic heterocycles. The van der Waals surface area contributed by atoms with Crippen LogP contribution in [0.15, 0.2) is 46.2 Å². The van der Waals surface area contributed by atoms with Gasteiger partial charge in [0.2, 0.25) is 5.56 Å². The second-order valence-electron chi connectivity index (χ2n) is 5.38. The number of aliphatic hydroxyl groups is 2. The molecule has 2 aromatic heterocycles. The molecule has 0 amide bonds. The Morgan fingerprint density at radius 3 is 1.76 bits per heavy atom. The number of aromatic amines is 1. The van der Waals surface area contributed by atoms with Crippen molar-refractivity contribution in [3.8, 4) is 71.9 Å². The summed E-state index contributed by atoms with van der Waals surface area (Å²) in [5, 5.41) is 15.6. The normalized spacial score (nSPS) is 6.21. The molecule has 8 heteroatoms. The molecule has 0 saturated carbocycles. The van der Waals surface area contributed by atoms with Gasteiger partial charge in [0.05, 0.1) is 0 Å². The van der Waals surface area contributed by atoms with E-state index in [0.29, 0.717) is 0 Å². The summed E-state index contributed by atoms with van der Waals surface area (Å²) in [6.07, 6.45) is 11.3. The molecule has 34 heavy (non-hydrogen) atoms. The lowest BCUT2D eigenvalue weighted by molar-refractivity contribution is 0.517. The number of aryl methyl sites for hydroxylation is 3. The quantitative estimate of drug-likeness (QED) is 0.377. The Morgan fingerprint density at radius 1 is 0.853 bits per heavy atom. The average molecular weight is 461 g/mol. The number of aromatic nitrogens is 2. The Balaban J connectivity index is -0.000000174. The summed E-state index contributed by atoms with van der Waals surface area (Å²) in [5.74, 6) is 20.3. The SMILES string of the molecule is C#CC#CC#CO.CC#CC#CC#CO.Cc1cc[nH]c(=O)c1.Cc1ccn(C)c(=O)c1.N.N. The van der Waals surface area contributed by atoms with E-state index in [4.69, 9.17) is 16.6 Å². The number of hydrogen-bond acceptors (Lipinski definition) is 6. The van der Waals surface area contributed by atoms with Crippen LogP contribution >= 0.6 is 0 Å². The van der Waals surface area contributed by atoms with Crippen LogP contribution in [0.5, 0.6) is 0 Å². The zero-order valence-electron chi connectivity index (χ0n) is 19.6. The first-order valence-electron chi connectivity index (χ1n) is 8.76. The third kappa shape index (κ3) is 24.8. The van der Waals surface area contributed by atoms with E-state index in [1.54, 1.807) is 55.3 Å². The molecule has 2 aromatic rings. The van der Waals surface area contributed by atoms with Crippen molar-refractivity contribution >= 4 is 0 Å². The first kappa shape index (κ1) is 36.2. The predicted octanol–water partition coefficient (Wildman–Crippen LogP) is 2.00. The van der Waals surface area contributed by atoms with Crippen molar-refractivity contribution in [2.75, 3.05) is 0 Å². The Labute approximate surface area is 200 Å². The van der Waals surface area contributed by atoms with Crippen LogP contribution in [0, 0.1) is 85.8 Å². The maximum atomic E-state index is 10.8. The van der Waals surface area contributed by atoms with Crippen molar-refractivity contribution in [2.45, 2.75) is 20.8 Å². The van der Waals surface area contributed by atoms with Gasteiger partial charge in [0.25, 0.3) is 5.56 Å². The van der Waals surface area contributed by atoms with Gasteiger partial charge >= 0.3 is 0 Å². The number of aliphatic hydroxyl groups excluding tert-OH is 2. The molecule has 0 aliphatic carbocycles. The van der Waals surface area contributed by atoms with Gasteiger partial charge in [-0.1, -0.05) is 5.92 Å². The third-order valence-corrected chi connectivity index (χ3v) is 2.81. The van der Waals surface area contributed by atoms with E-state index in [-0.39, 0.29) is 23.4 Å². The van der Waals surface area contributed by atoms with Gasteiger partial charge in [0.15, 0.2) is 0 Å². The lowest BCUT2D eigenvalue weighted by atomic mass is 10.3. The highest BCUT2D eigenvalue weighted by Gasteiger charge is 1.86. The molecule has 0 atom stereocenters. The van der Waals surface area contributed by atoms with Crippen molar-refractivity contribution in [1.82, 2.24) is 21.9 Å². The van der Waals surface area contributed by atoms with Crippen LogP contribution in [0.3, 0.4) is 0 Å². The molecule has 0 spiro atoms. The van der Waals surface area contributed by atoms with Crippen molar-refractivity contribution in [2.24, 2.45) is 7.05 Å². The van der Waals surface area contributed by atoms with Crippen LogP contribution in [0.2, 0.25) is 0 Å². The topological polar surface area (TPSA) is 165 Å². The van der Waals surface area contributed by atoms with E-state index in [2.05, 4.69) is 52.3 Å². The molecule has 0 aromatic carbocycles. The summed E-state index contributed by atoms with van der Waals surface area (Å²) in [5.41, 5.74) is 2.02. The number of nitrogens with zero attached hydrogens (tertiary/aromatic N) is 1. The lowest BCUT2D eigenvalue weighted by Gasteiger charge is -1.94. The Hall–Kier alpha value is -5.22. The van der Waals surface area contributed by atoms with E-state index >= 15 is 0 Å². The van der Waals surface area contributed by atoms with Gasteiger partial charge in [-0.3, -0.25) is 9.59 Å². The molecule has 176 valence electrons. The molecule has 2 heterocycles. The molecule has 0 bridgehead atoms. The molecule has 0 aliphatic rings. The van der Waals surface area contributed by atoms with E-state index in [9.17, 15) is 9.59 Å². The van der Waals surface area contributed by atoms with Gasteiger partial charge in [-0.15, -0.1) is 6.42 Å². The minimum atomic E-state index is -0.0370. The summed E-state index contributed by atoms with van der Waals surface area (Å²) in [7, 11) is 1.74. The molecule has 0 saturated heterocycles. The van der Waals surface area contributed by atoms with Crippen LogP contribution in [0.1, 0.15) is 18.1 Å². The predicted molar refractivity (Wildman–Crippen MR) is 136 cm³/mol. The van der Waals surface area contributed by atoms with Crippen LogP contribution in [0.25, 0.3) is 0 Å². The minimum Gasteiger partial charge on any atom is -0.461 e. The highest BCUT2D eigenvalue weighted by atomic mass is 16.2. The molecular weight excluding hydrogens is 432 g/mol. The van der Waals surface area contributed by atoms with Crippen LogP contribution < -0.4 is 23.4 Å². The number of rotatable bonds is 0. The number of nitrogens with one attached hydrogen (secondary N) is 1. The second-order valence-corrected chi connectivity index (χ2v) is 5.38. The van der Waals surface area contributed by atoms with Gasteiger partial charge in [0, 0.05) is 55.3 Å². The highest BCUT2D eigenvalue weighted by Crippen LogP contribution is 1.87. The molecule has 2 rings (SSSR count). The summed E-state index contributed by atoms with van der Waals surface area (Å²) < 4.78 is 1.55. The largest absolute Gasteiger partial charge is 0.461 e. The summed E-state index contributed by atoms with van der Waals surface area (Å²) in [6.45, 7) is 5.47. The Bertz CT molecular complexity index is 1300. The first-order valence-corrected chi connectivity index (χ1v) is 8.76. The van der Waals surface area contributed by atoms with Gasteiger partial charge < -0.3 is 32.1 Å². The third-order valence-electron chi connectivity index (χ3n) is 2.81. The van der Waals surface area contributed by atoms with Gasteiger partial charge in [-0.05, 0) is 67.7 Å². The maximum Gasteiger partial charge on any atom is 0.250 e. The van der Waals surface area contributed by atoms with Crippen LogP contribution in [0.4, 0.5) is 0 Å². The van der Waals surface area contributed by atoms with E-state index < -0.39 is 0 Å².